The van der Waals surface area contributed by atoms with Gasteiger partial charge in [-0.2, -0.15) is 0 Å². The number of hydrogen-bond acceptors (Lipinski definition) is 4. The molecular weight excluding hydrogens is 266 g/mol. The first-order chi connectivity index (χ1) is 8.63. The van der Waals surface area contributed by atoms with Crippen LogP contribution in [-0.4, -0.2) is 41.6 Å². The number of carbonyl (C=O) groups excluding carboxylic acids is 1. The molecule has 6 heteroatoms. The predicted molar refractivity (Wildman–Crippen MR) is 75.8 cm³/mol. The van der Waals surface area contributed by atoms with Crippen LogP contribution in [0.4, 0.5) is 0 Å². The van der Waals surface area contributed by atoms with Gasteiger partial charge in [0.25, 0.3) is 5.91 Å². The minimum atomic E-state index is -0.0500. The third-order valence-electron chi connectivity index (χ3n) is 3.62. The molecule has 5 nitrogen and oxygen atoms in total. The average Bonchev–Trinajstić information content (AvgIpc) is 2.87. The molecule has 0 aliphatic carbocycles. The highest BCUT2D eigenvalue weighted by Crippen LogP contribution is 2.19. The SMILES string of the molecule is CCC(C)c1cc(C(=O)N2CCNC[C@@H]2C)on1.Cl. The fourth-order valence-electron chi connectivity index (χ4n) is 2.12. The van der Waals surface area contributed by atoms with Gasteiger partial charge in [-0.25, -0.2) is 0 Å². The summed E-state index contributed by atoms with van der Waals surface area (Å²) in [6.45, 7) is 8.61. The lowest BCUT2D eigenvalue weighted by Gasteiger charge is -2.33. The Morgan fingerprint density at radius 1 is 1.68 bits per heavy atom. The third-order valence-corrected chi connectivity index (χ3v) is 3.62. The van der Waals surface area contributed by atoms with Gasteiger partial charge in [-0.3, -0.25) is 4.79 Å². The Morgan fingerprint density at radius 2 is 2.42 bits per heavy atom. The van der Waals surface area contributed by atoms with Crippen molar-refractivity contribution in [3.05, 3.63) is 17.5 Å². The Balaban J connectivity index is 0.00000180. The molecule has 2 heterocycles. The molecule has 1 aliphatic heterocycles. The lowest BCUT2D eigenvalue weighted by molar-refractivity contribution is 0.0613. The Hall–Kier alpha value is -1.07. The summed E-state index contributed by atoms with van der Waals surface area (Å²) in [6.07, 6.45) is 0.990. The minimum absolute atomic E-state index is 0. The second-order valence-corrected chi connectivity index (χ2v) is 4.98. The van der Waals surface area contributed by atoms with E-state index in [1.54, 1.807) is 6.07 Å². The summed E-state index contributed by atoms with van der Waals surface area (Å²) >= 11 is 0. The van der Waals surface area contributed by atoms with Crippen molar-refractivity contribution in [3.8, 4) is 0 Å². The van der Waals surface area contributed by atoms with Crippen molar-refractivity contribution in [2.75, 3.05) is 19.6 Å². The first-order valence-corrected chi connectivity index (χ1v) is 6.61. The molecule has 1 N–H and O–H groups in total. The molecular formula is C13H22ClN3O2. The molecule has 0 aromatic carbocycles. The molecule has 0 spiro atoms. The number of aromatic nitrogens is 1. The highest BCUT2D eigenvalue weighted by atomic mass is 35.5. The van der Waals surface area contributed by atoms with Gasteiger partial charge in [0.1, 0.15) is 0 Å². The lowest BCUT2D eigenvalue weighted by Crippen LogP contribution is -2.52. The number of nitrogens with zero attached hydrogens (tertiary/aromatic N) is 2. The van der Waals surface area contributed by atoms with Crippen molar-refractivity contribution in [1.29, 1.82) is 0 Å². The summed E-state index contributed by atoms with van der Waals surface area (Å²) in [7, 11) is 0. The Morgan fingerprint density at radius 3 is 3.05 bits per heavy atom. The normalized spacial score (nSPS) is 20.8. The molecule has 1 amide bonds. The molecule has 108 valence electrons. The van der Waals surface area contributed by atoms with E-state index in [0.717, 1.165) is 31.7 Å². The molecule has 1 aromatic heterocycles. The standard InChI is InChI=1S/C13H21N3O2.ClH/c1-4-9(2)11-7-12(18-15-11)13(17)16-6-5-14-8-10(16)3;/h7,9-10,14H,4-6,8H2,1-3H3;1H/t9?,10-;/m0./s1. The third kappa shape index (κ3) is 3.48. The average molecular weight is 288 g/mol. The van der Waals surface area contributed by atoms with E-state index in [4.69, 9.17) is 4.52 Å². The molecule has 1 saturated heterocycles. The molecule has 1 aromatic rings. The maximum Gasteiger partial charge on any atom is 0.292 e. The number of rotatable bonds is 3. The van der Waals surface area contributed by atoms with Gasteiger partial charge in [0.05, 0.1) is 5.69 Å². The van der Waals surface area contributed by atoms with Crippen molar-refractivity contribution < 1.29 is 9.32 Å². The Labute approximate surface area is 120 Å². The maximum absolute atomic E-state index is 12.3. The summed E-state index contributed by atoms with van der Waals surface area (Å²) in [6, 6.07) is 1.98. The van der Waals surface area contributed by atoms with Gasteiger partial charge >= 0.3 is 0 Å². The molecule has 2 atom stereocenters. The zero-order valence-electron chi connectivity index (χ0n) is 11.7. The summed E-state index contributed by atoms with van der Waals surface area (Å²) in [4.78, 5) is 14.1. The van der Waals surface area contributed by atoms with E-state index in [1.165, 1.54) is 0 Å². The molecule has 0 bridgehead atoms. The Bertz CT molecular complexity index is 422. The van der Waals surface area contributed by atoms with Crippen LogP contribution in [0.3, 0.4) is 0 Å². The van der Waals surface area contributed by atoms with E-state index in [0.29, 0.717) is 11.7 Å². The van der Waals surface area contributed by atoms with E-state index in [1.807, 2.05) is 11.8 Å². The van der Waals surface area contributed by atoms with Gasteiger partial charge < -0.3 is 14.7 Å². The maximum atomic E-state index is 12.3. The smallest absolute Gasteiger partial charge is 0.292 e. The zero-order chi connectivity index (χ0) is 13.1. The van der Waals surface area contributed by atoms with Crippen molar-refractivity contribution in [1.82, 2.24) is 15.4 Å². The van der Waals surface area contributed by atoms with Crippen molar-refractivity contribution >= 4 is 18.3 Å². The van der Waals surface area contributed by atoms with E-state index < -0.39 is 0 Å². The van der Waals surface area contributed by atoms with E-state index in [9.17, 15) is 4.79 Å². The zero-order valence-corrected chi connectivity index (χ0v) is 12.5. The molecule has 1 fully saturated rings. The monoisotopic (exact) mass is 287 g/mol. The van der Waals surface area contributed by atoms with E-state index in [2.05, 4.69) is 24.3 Å². The first-order valence-electron chi connectivity index (χ1n) is 6.61. The van der Waals surface area contributed by atoms with Gasteiger partial charge in [0.2, 0.25) is 5.76 Å². The summed E-state index contributed by atoms with van der Waals surface area (Å²) in [5, 5.41) is 7.25. The van der Waals surface area contributed by atoms with Gasteiger partial charge in [0.15, 0.2) is 0 Å². The Kier molecular flexibility index (Phi) is 5.82. The number of piperazine rings is 1. The van der Waals surface area contributed by atoms with Gasteiger partial charge in [-0.15, -0.1) is 12.4 Å². The molecule has 2 rings (SSSR count). The first kappa shape index (κ1) is 16.0. The predicted octanol–water partition coefficient (Wildman–Crippen LogP) is 2.04. The van der Waals surface area contributed by atoms with Gasteiger partial charge in [-0.1, -0.05) is 19.0 Å². The summed E-state index contributed by atoms with van der Waals surface area (Å²) in [5.74, 6) is 0.640. The van der Waals surface area contributed by atoms with Crippen LogP contribution in [0.2, 0.25) is 0 Å². The highest BCUT2D eigenvalue weighted by molar-refractivity contribution is 5.91. The minimum Gasteiger partial charge on any atom is -0.351 e. The molecule has 19 heavy (non-hydrogen) atoms. The van der Waals surface area contributed by atoms with Crippen LogP contribution in [0.5, 0.6) is 0 Å². The number of halogens is 1. The van der Waals surface area contributed by atoms with E-state index in [-0.39, 0.29) is 24.4 Å². The fourth-order valence-corrected chi connectivity index (χ4v) is 2.12. The van der Waals surface area contributed by atoms with Crippen molar-refractivity contribution in [3.63, 3.8) is 0 Å². The van der Waals surface area contributed by atoms with Crippen molar-refractivity contribution in [2.24, 2.45) is 0 Å². The number of amides is 1. The number of hydrogen-bond donors (Lipinski definition) is 1. The molecule has 1 aliphatic rings. The highest BCUT2D eigenvalue weighted by Gasteiger charge is 2.27. The quantitative estimate of drug-likeness (QED) is 0.924. The molecule has 0 radical (unpaired) electrons. The van der Waals surface area contributed by atoms with Crippen LogP contribution < -0.4 is 5.32 Å². The number of carbonyl (C=O) groups is 1. The molecule has 0 saturated carbocycles. The second-order valence-electron chi connectivity index (χ2n) is 4.98. The van der Waals surface area contributed by atoms with Crippen LogP contribution in [0, 0.1) is 0 Å². The molecule has 1 unspecified atom stereocenters. The van der Waals surface area contributed by atoms with Crippen LogP contribution >= 0.6 is 12.4 Å². The fraction of sp³-hybridized carbons (Fsp3) is 0.692. The van der Waals surface area contributed by atoms with Gasteiger partial charge in [0, 0.05) is 37.7 Å². The largest absolute Gasteiger partial charge is 0.351 e. The van der Waals surface area contributed by atoms with Crippen LogP contribution in [0.1, 0.15) is 49.4 Å². The van der Waals surface area contributed by atoms with Crippen molar-refractivity contribution in [2.45, 2.75) is 39.2 Å². The lowest BCUT2D eigenvalue weighted by atomic mass is 10.1. The van der Waals surface area contributed by atoms with Crippen LogP contribution in [0.15, 0.2) is 10.6 Å². The van der Waals surface area contributed by atoms with Gasteiger partial charge in [-0.05, 0) is 13.3 Å². The van der Waals surface area contributed by atoms with Crippen LogP contribution in [-0.2, 0) is 0 Å². The summed E-state index contributed by atoms with van der Waals surface area (Å²) in [5.41, 5.74) is 0.864. The second kappa shape index (κ2) is 6.91. The van der Waals surface area contributed by atoms with E-state index >= 15 is 0 Å². The summed E-state index contributed by atoms with van der Waals surface area (Å²) < 4.78 is 5.19. The van der Waals surface area contributed by atoms with Crippen LogP contribution in [0.25, 0.3) is 0 Å². The topological polar surface area (TPSA) is 58.4 Å². The number of nitrogens with one attached hydrogen (secondary N) is 1.